The Labute approximate surface area is 122 Å². The lowest BCUT2D eigenvalue weighted by atomic mass is 10.2. The largest absolute Gasteiger partial charge is 0.310 e. The molecule has 0 aliphatic carbocycles. The summed E-state index contributed by atoms with van der Waals surface area (Å²) < 4.78 is 1.12. The van der Waals surface area contributed by atoms with E-state index in [9.17, 15) is 0 Å². The van der Waals surface area contributed by atoms with E-state index in [1.807, 2.05) is 30.0 Å². The van der Waals surface area contributed by atoms with Gasteiger partial charge in [0.15, 0.2) is 0 Å². The summed E-state index contributed by atoms with van der Waals surface area (Å²) in [6, 6.07) is 6.44. The molecule has 96 valence electrons. The van der Waals surface area contributed by atoms with Gasteiger partial charge >= 0.3 is 0 Å². The van der Waals surface area contributed by atoms with Crippen LogP contribution in [0.1, 0.15) is 25.8 Å². The predicted molar refractivity (Wildman–Crippen MR) is 83.1 cm³/mol. The van der Waals surface area contributed by atoms with Gasteiger partial charge in [0.2, 0.25) is 0 Å². The zero-order valence-electron chi connectivity index (χ0n) is 10.3. The van der Waals surface area contributed by atoms with Crippen LogP contribution in [0.4, 0.5) is 0 Å². The molecule has 0 radical (unpaired) electrons. The molecule has 1 rings (SSSR count). The summed E-state index contributed by atoms with van der Waals surface area (Å²) in [5.74, 6) is 2.42. The zero-order chi connectivity index (χ0) is 12.7. The zero-order valence-corrected chi connectivity index (χ0v) is 13.5. The molecule has 0 amide bonds. The van der Waals surface area contributed by atoms with Crippen molar-refractivity contribution in [1.29, 1.82) is 0 Å². The second kappa shape index (κ2) is 8.41. The van der Waals surface area contributed by atoms with Gasteiger partial charge in [-0.05, 0) is 48.6 Å². The maximum atomic E-state index is 5.98. The van der Waals surface area contributed by atoms with Gasteiger partial charge < -0.3 is 5.32 Å². The molecule has 1 N–H and O–H groups in total. The van der Waals surface area contributed by atoms with Crippen LogP contribution in [0.3, 0.4) is 0 Å². The molecule has 1 aromatic carbocycles. The fraction of sp³-hybridized carbons (Fsp3) is 0.538. The van der Waals surface area contributed by atoms with Gasteiger partial charge in [-0.25, -0.2) is 0 Å². The average molecular weight is 337 g/mol. The minimum Gasteiger partial charge on any atom is -0.310 e. The van der Waals surface area contributed by atoms with Crippen molar-refractivity contribution in [2.24, 2.45) is 0 Å². The summed E-state index contributed by atoms with van der Waals surface area (Å²) in [5, 5.41) is 4.31. The molecule has 1 unspecified atom stereocenters. The lowest BCUT2D eigenvalue weighted by Crippen LogP contribution is -2.26. The minimum atomic E-state index is 0.542. The highest BCUT2D eigenvalue weighted by Crippen LogP contribution is 2.21. The first kappa shape index (κ1) is 15.4. The predicted octanol–water partition coefficient (Wildman–Crippen LogP) is 4.72. The van der Waals surface area contributed by atoms with Crippen molar-refractivity contribution in [1.82, 2.24) is 5.32 Å². The maximum Gasteiger partial charge on any atom is 0.0410 e. The Balaban J connectivity index is 2.36. The van der Waals surface area contributed by atoms with Crippen molar-refractivity contribution in [3.05, 3.63) is 33.3 Å². The molecule has 17 heavy (non-hydrogen) atoms. The molecular weight excluding hydrogens is 318 g/mol. The molecule has 0 heterocycles. The molecule has 0 aromatic heterocycles. The van der Waals surface area contributed by atoms with Crippen LogP contribution in [-0.2, 0) is 6.54 Å². The van der Waals surface area contributed by atoms with E-state index < -0.39 is 0 Å². The molecule has 0 aliphatic heterocycles. The van der Waals surface area contributed by atoms with Crippen LogP contribution >= 0.6 is 39.3 Å². The Bertz CT molecular complexity index is 346. The molecule has 1 atom stereocenters. The molecule has 0 aliphatic rings. The van der Waals surface area contributed by atoms with Crippen molar-refractivity contribution in [3.8, 4) is 0 Å². The molecule has 0 spiro atoms. The highest BCUT2D eigenvalue weighted by Gasteiger charge is 2.04. The highest BCUT2D eigenvalue weighted by molar-refractivity contribution is 9.10. The number of nitrogens with one attached hydrogen (secondary N) is 1. The van der Waals surface area contributed by atoms with Gasteiger partial charge in [-0.3, -0.25) is 0 Å². The molecule has 0 saturated carbocycles. The molecule has 0 fully saturated rings. The molecule has 0 saturated heterocycles. The van der Waals surface area contributed by atoms with Crippen LogP contribution in [0.25, 0.3) is 0 Å². The first-order chi connectivity index (χ1) is 8.13. The van der Waals surface area contributed by atoms with Crippen LogP contribution in [0.5, 0.6) is 0 Å². The standard InChI is InChI=1S/C13H19BrClNS/c1-3-17-7-6-10(2)16-9-11-8-12(15)4-5-13(11)14/h4-5,8,10,16H,3,6-7,9H2,1-2H3. The molecule has 1 nitrogen and oxygen atoms in total. The van der Waals surface area contributed by atoms with Crippen LogP contribution in [0, 0.1) is 0 Å². The average Bonchev–Trinajstić information content (AvgIpc) is 2.31. The van der Waals surface area contributed by atoms with E-state index in [0.717, 1.165) is 16.0 Å². The van der Waals surface area contributed by atoms with Crippen LogP contribution in [-0.4, -0.2) is 17.5 Å². The Hall–Kier alpha value is 0.300. The van der Waals surface area contributed by atoms with E-state index in [4.69, 9.17) is 11.6 Å². The van der Waals surface area contributed by atoms with Gasteiger partial charge in [-0.15, -0.1) is 0 Å². The second-order valence-corrected chi connectivity index (χ2v) is 6.69. The topological polar surface area (TPSA) is 12.0 Å². The molecular formula is C13H19BrClNS. The van der Waals surface area contributed by atoms with Gasteiger partial charge in [-0.1, -0.05) is 34.5 Å². The van der Waals surface area contributed by atoms with E-state index in [-0.39, 0.29) is 0 Å². The fourth-order valence-electron chi connectivity index (χ4n) is 1.47. The summed E-state index contributed by atoms with van der Waals surface area (Å²) >= 11 is 11.5. The summed E-state index contributed by atoms with van der Waals surface area (Å²) in [7, 11) is 0. The highest BCUT2D eigenvalue weighted by atomic mass is 79.9. The normalized spacial score (nSPS) is 12.7. The number of rotatable bonds is 7. The Morgan fingerprint density at radius 2 is 2.24 bits per heavy atom. The summed E-state index contributed by atoms with van der Waals surface area (Å²) in [4.78, 5) is 0. The minimum absolute atomic E-state index is 0.542. The molecule has 0 bridgehead atoms. The number of benzene rings is 1. The third kappa shape index (κ3) is 6.14. The summed E-state index contributed by atoms with van der Waals surface area (Å²) in [6.45, 7) is 5.29. The number of hydrogen-bond donors (Lipinski definition) is 1. The van der Waals surface area contributed by atoms with E-state index in [2.05, 4.69) is 35.1 Å². The summed E-state index contributed by atoms with van der Waals surface area (Å²) in [5.41, 5.74) is 1.22. The van der Waals surface area contributed by atoms with Crippen LogP contribution in [0.2, 0.25) is 5.02 Å². The van der Waals surface area contributed by atoms with Crippen molar-refractivity contribution in [3.63, 3.8) is 0 Å². The number of hydrogen-bond acceptors (Lipinski definition) is 2. The van der Waals surface area contributed by atoms with Gasteiger partial charge in [0.1, 0.15) is 0 Å². The Morgan fingerprint density at radius 3 is 2.94 bits per heavy atom. The molecule has 1 aromatic rings. The fourth-order valence-corrected chi connectivity index (χ4v) is 2.86. The maximum absolute atomic E-state index is 5.98. The Kier molecular flexibility index (Phi) is 7.60. The third-order valence-electron chi connectivity index (χ3n) is 2.55. The Morgan fingerprint density at radius 1 is 1.47 bits per heavy atom. The smallest absolute Gasteiger partial charge is 0.0410 e. The quantitative estimate of drug-likeness (QED) is 0.723. The van der Waals surface area contributed by atoms with Crippen molar-refractivity contribution < 1.29 is 0 Å². The first-order valence-corrected chi connectivity index (χ1v) is 8.21. The van der Waals surface area contributed by atoms with E-state index in [1.54, 1.807) is 0 Å². The van der Waals surface area contributed by atoms with E-state index >= 15 is 0 Å². The van der Waals surface area contributed by atoms with Crippen LogP contribution in [0.15, 0.2) is 22.7 Å². The number of thioether (sulfide) groups is 1. The number of halogens is 2. The lowest BCUT2D eigenvalue weighted by Gasteiger charge is -2.14. The SMILES string of the molecule is CCSCCC(C)NCc1cc(Cl)ccc1Br. The van der Waals surface area contributed by atoms with Crippen LogP contribution < -0.4 is 5.32 Å². The summed E-state index contributed by atoms with van der Waals surface area (Å²) in [6.07, 6.45) is 1.21. The van der Waals surface area contributed by atoms with Crippen molar-refractivity contribution in [2.45, 2.75) is 32.9 Å². The molecule has 4 heteroatoms. The monoisotopic (exact) mass is 335 g/mol. The van der Waals surface area contributed by atoms with E-state index in [1.165, 1.54) is 23.5 Å². The first-order valence-electron chi connectivity index (χ1n) is 5.88. The lowest BCUT2D eigenvalue weighted by molar-refractivity contribution is 0.537. The van der Waals surface area contributed by atoms with Crippen molar-refractivity contribution in [2.75, 3.05) is 11.5 Å². The van der Waals surface area contributed by atoms with Gasteiger partial charge in [0, 0.05) is 22.1 Å². The van der Waals surface area contributed by atoms with E-state index in [0.29, 0.717) is 6.04 Å². The second-order valence-electron chi connectivity index (χ2n) is 4.00. The third-order valence-corrected chi connectivity index (χ3v) is 4.49. The van der Waals surface area contributed by atoms with Gasteiger partial charge in [0.25, 0.3) is 0 Å². The van der Waals surface area contributed by atoms with Gasteiger partial charge in [0.05, 0.1) is 0 Å². The van der Waals surface area contributed by atoms with Crippen molar-refractivity contribution >= 4 is 39.3 Å². The van der Waals surface area contributed by atoms with Gasteiger partial charge in [-0.2, -0.15) is 11.8 Å².